The quantitative estimate of drug-likeness (QED) is 0.855. The Labute approximate surface area is 100 Å². The predicted molar refractivity (Wildman–Crippen MR) is 63.1 cm³/mol. The van der Waals surface area contributed by atoms with Gasteiger partial charge >= 0.3 is 0 Å². The Bertz CT molecular complexity index is 449. The summed E-state index contributed by atoms with van der Waals surface area (Å²) in [7, 11) is 0. The molecule has 0 saturated carbocycles. The molecule has 3 nitrogen and oxygen atoms in total. The number of nitriles is 1. The van der Waals surface area contributed by atoms with Gasteiger partial charge in [0.2, 0.25) is 0 Å². The lowest BCUT2D eigenvalue weighted by Gasteiger charge is -2.27. The molecule has 0 aromatic heterocycles. The van der Waals surface area contributed by atoms with Gasteiger partial charge in [0.05, 0.1) is 18.8 Å². The summed E-state index contributed by atoms with van der Waals surface area (Å²) in [5, 5.41) is 12.4. The summed E-state index contributed by atoms with van der Waals surface area (Å²) in [6.07, 6.45) is 0.413. The third-order valence-corrected chi connectivity index (χ3v) is 3.17. The number of aryl methyl sites for hydroxylation is 1. The number of ether oxygens (including phenoxy) is 1. The molecule has 90 valence electrons. The Kier molecular flexibility index (Phi) is 3.03. The average Bonchev–Trinajstić information content (AvgIpc) is 2.59. The Morgan fingerprint density at radius 2 is 2.29 bits per heavy atom. The lowest BCUT2D eigenvalue weighted by atomic mass is 9.93. The number of halogens is 1. The van der Waals surface area contributed by atoms with Crippen molar-refractivity contribution < 1.29 is 9.13 Å². The van der Waals surface area contributed by atoms with Gasteiger partial charge in [-0.25, -0.2) is 4.39 Å². The minimum absolute atomic E-state index is 0.198. The molecule has 1 fully saturated rings. The van der Waals surface area contributed by atoms with Gasteiger partial charge in [0.25, 0.3) is 0 Å². The Morgan fingerprint density at radius 3 is 2.82 bits per heavy atom. The topological polar surface area (TPSA) is 45.0 Å². The van der Waals surface area contributed by atoms with Gasteiger partial charge < -0.3 is 10.1 Å². The Morgan fingerprint density at radius 1 is 1.53 bits per heavy atom. The molecule has 1 aliphatic heterocycles. The first-order valence-electron chi connectivity index (χ1n) is 5.64. The maximum atomic E-state index is 13.3. The van der Waals surface area contributed by atoms with Gasteiger partial charge in [-0.15, -0.1) is 0 Å². The van der Waals surface area contributed by atoms with Gasteiger partial charge in [0.15, 0.2) is 5.54 Å². The Balaban J connectivity index is 2.28. The summed E-state index contributed by atoms with van der Waals surface area (Å²) in [5.41, 5.74) is 0.703. The molecule has 1 heterocycles. The zero-order valence-corrected chi connectivity index (χ0v) is 9.96. The van der Waals surface area contributed by atoms with Crippen LogP contribution >= 0.6 is 0 Å². The fourth-order valence-electron chi connectivity index (χ4n) is 2.15. The van der Waals surface area contributed by atoms with Crippen molar-refractivity contribution >= 4 is 5.69 Å². The highest BCUT2D eigenvalue weighted by molar-refractivity contribution is 5.51. The second-order valence-corrected chi connectivity index (χ2v) is 4.49. The molecule has 2 rings (SSSR count). The van der Waals surface area contributed by atoms with Crippen LogP contribution in [0.15, 0.2) is 18.2 Å². The van der Waals surface area contributed by atoms with Crippen molar-refractivity contribution in [2.75, 3.05) is 11.9 Å². The van der Waals surface area contributed by atoms with E-state index in [2.05, 4.69) is 11.4 Å². The summed E-state index contributed by atoms with van der Waals surface area (Å²) in [6, 6.07) is 6.94. The zero-order chi connectivity index (χ0) is 12.5. The molecule has 0 bridgehead atoms. The van der Waals surface area contributed by atoms with Crippen LogP contribution < -0.4 is 5.32 Å². The number of benzene rings is 1. The summed E-state index contributed by atoms with van der Waals surface area (Å²) in [6.45, 7) is 4.23. The zero-order valence-electron chi connectivity index (χ0n) is 9.96. The molecule has 4 heteroatoms. The van der Waals surface area contributed by atoms with E-state index in [1.807, 2.05) is 19.9 Å². The van der Waals surface area contributed by atoms with Crippen LogP contribution in [0.5, 0.6) is 0 Å². The van der Waals surface area contributed by atoms with E-state index in [1.165, 1.54) is 12.1 Å². The van der Waals surface area contributed by atoms with Crippen molar-refractivity contribution in [1.82, 2.24) is 0 Å². The molecule has 2 atom stereocenters. The molecule has 0 spiro atoms. The van der Waals surface area contributed by atoms with E-state index in [-0.39, 0.29) is 11.9 Å². The van der Waals surface area contributed by atoms with E-state index < -0.39 is 5.54 Å². The van der Waals surface area contributed by atoms with Gasteiger partial charge in [0.1, 0.15) is 5.82 Å². The molecule has 2 unspecified atom stereocenters. The third kappa shape index (κ3) is 2.25. The second kappa shape index (κ2) is 4.34. The van der Waals surface area contributed by atoms with E-state index in [9.17, 15) is 9.65 Å². The van der Waals surface area contributed by atoms with Gasteiger partial charge in [-0.1, -0.05) is 0 Å². The van der Waals surface area contributed by atoms with Crippen molar-refractivity contribution in [2.24, 2.45) is 0 Å². The van der Waals surface area contributed by atoms with Crippen LogP contribution in [0, 0.1) is 24.1 Å². The maximum absolute atomic E-state index is 13.3. The van der Waals surface area contributed by atoms with Crippen molar-refractivity contribution in [3.63, 3.8) is 0 Å². The number of nitrogens with zero attached hydrogens (tertiary/aromatic N) is 1. The summed E-state index contributed by atoms with van der Waals surface area (Å²) >= 11 is 0. The summed E-state index contributed by atoms with van der Waals surface area (Å²) in [5.74, 6) is -0.299. The van der Waals surface area contributed by atoms with E-state index in [0.717, 1.165) is 5.56 Å². The normalized spacial score (nSPS) is 27.8. The molecule has 0 radical (unpaired) electrons. The highest BCUT2D eigenvalue weighted by atomic mass is 19.1. The molecule has 1 aromatic carbocycles. The monoisotopic (exact) mass is 234 g/mol. The van der Waals surface area contributed by atoms with Crippen LogP contribution in [0.3, 0.4) is 0 Å². The lowest BCUT2D eigenvalue weighted by Crippen LogP contribution is -2.43. The highest BCUT2D eigenvalue weighted by Gasteiger charge is 2.42. The first-order chi connectivity index (χ1) is 8.05. The predicted octanol–water partition coefficient (Wildman–Crippen LogP) is 2.62. The van der Waals surface area contributed by atoms with Crippen molar-refractivity contribution in [1.29, 1.82) is 5.26 Å². The van der Waals surface area contributed by atoms with Crippen LogP contribution in [-0.4, -0.2) is 18.2 Å². The first kappa shape index (κ1) is 11.9. The molecule has 1 N–H and O–H groups in total. The number of rotatable bonds is 2. The van der Waals surface area contributed by atoms with Crippen LogP contribution in [0.1, 0.15) is 18.9 Å². The van der Waals surface area contributed by atoms with Crippen LogP contribution in [0.25, 0.3) is 0 Å². The average molecular weight is 234 g/mol. The van der Waals surface area contributed by atoms with E-state index in [4.69, 9.17) is 4.74 Å². The lowest BCUT2D eigenvalue weighted by molar-refractivity contribution is 0.112. The second-order valence-electron chi connectivity index (χ2n) is 4.49. The molecule has 0 amide bonds. The van der Waals surface area contributed by atoms with Crippen LogP contribution in [0.2, 0.25) is 0 Å². The van der Waals surface area contributed by atoms with Gasteiger partial charge in [-0.3, -0.25) is 0 Å². The molecule has 17 heavy (non-hydrogen) atoms. The first-order valence-corrected chi connectivity index (χ1v) is 5.64. The summed E-state index contributed by atoms with van der Waals surface area (Å²) in [4.78, 5) is 0. The highest BCUT2D eigenvalue weighted by Crippen LogP contribution is 2.30. The molecular weight excluding hydrogens is 219 g/mol. The van der Waals surface area contributed by atoms with Gasteiger partial charge in [-0.2, -0.15) is 5.26 Å². The van der Waals surface area contributed by atoms with E-state index >= 15 is 0 Å². The van der Waals surface area contributed by atoms with E-state index in [0.29, 0.717) is 18.7 Å². The number of nitrogens with one attached hydrogen (secondary N) is 1. The molecule has 1 saturated heterocycles. The van der Waals surface area contributed by atoms with Crippen molar-refractivity contribution in [2.45, 2.75) is 31.9 Å². The Hall–Kier alpha value is -1.60. The fourth-order valence-corrected chi connectivity index (χ4v) is 2.15. The minimum atomic E-state index is -0.750. The maximum Gasteiger partial charge on any atom is 0.153 e. The number of hydrogen-bond donors (Lipinski definition) is 1. The van der Waals surface area contributed by atoms with Crippen LogP contribution in [0.4, 0.5) is 10.1 Å². The van der Waals surface area contributed by atoms with E-state index in [1.54, 1.807) is 0 Å². The van der Waals surface area contributed by atoms with Crippen LogP contribution in [-0.2, 0) is 4.74 Å². The van der Waals surface area contributed by atoms with Crippen molar-refractivity contribution in [3.8, 4) is 6.07 Å². The smallest absolute Gasteiger partial charge is 0.153 e. The molecule has 0 aliphatic carbocycles. The fraction of sp³-hybridized carbons (Fsp3) is 0.462. The minimum Gasteiger partial charge on any atom is -0.375 e. The third-order valence-electron chi connectivity index (χ3n) is 3.17. The summed E-state index contributed by atoms with van der Waals surface area (Å²) < 4.78 is 18.7. The van der Waals surface area contributed by atoms with Gasteiger partial charge in [0, 0.05) is 12.1 Å². The standard InChI is InChI=1S/C13H15FN2O/c1-9-5-11(14)7-12(6-9)16-13(8-15)3-4-17-10(13)2/h5-7,10,16H,3-4H2,1-2H3. The van der Waals surface area contributed by atoms with Crippen molar-refractivity contribution in [3.05, 3.63) is 29.6 Å². The van der Waals surface area contributed by atoms with Gasteiger partial charge in [-0.05, 0) is 37.6 Å². The molecule has 1 aromatic rings. The molecule has 1 aliphatic rings. The number of anilines is 1. The number of hydrogen-bond acceptors (Lipinski definition) is 3. The SMILES string of the molecule is Cc1cc(F)cc(NC2(C#N)CCOC2C)c1. The molecular formula is C13H15FN2O. The largest absolute Gasteiger partial charge is 0.375 e.